The number of ketones is 1. The lowest BCUT2D eigenvalue weighted by Crippen LogP contribution is -2.03. The van der Waals surface area contributed by atoms with Crippen molar-refractivity contribution < 1.29 is 4.79 Å². The van der Waals surface area contributed by atoms with Crippen LogP contribution in [-0.4, -0.2) is 5.78 Å². The Kier molecular flexibility index (Phi) is 4.39. The van der Waals surface area contributed by atoms with Crippen LogP contribution < -0.4 is 0 Å². The molecule has 0 N–H and O–H groups in total. The molecule has 2 aromatic carbocycles. The molecule has 0 unspecified atom stereocenters. The lowest BCUT2D eigenvalue weighted by Gasteiger charge is -2.08. The molecule has 0 amide bonds. The third-order valence-corrected chi connectivity index (χ3v) is 3.84. The molecule has 2 rings (SSSR count). The van der Waals surface area contributed by atoms with Crippen LogP contribution in [0.5, 0.6) is 0 Å². The highest BCUT2D eigenvalue weighted by molar-refractivity contribution is 6.33. The van der Waals surface area contributed by atoms with Gasteiger partial charge in [-0.1, -0.05) is 41.9 Å². The Bertz CT molecular complexity index is 602. The Morgan fingerprint density at radius 2 is 1.79 bits per heavy atom. The maximum atomic E-state index is 12.2. The van der Waals surface area contributed by atoms with Crippen LogP contribution in [-0.2, 0) is 6.42 Å². The minimum atomic E-state index is 0.103. The Morgan fingerprint density at radius 1 is 1.05 bits per heavy atom. The predicted octanol–water partition coefficient (Wildman–Crippen LogP) is 4.77. The number of aryl methyl sites for hydroxylation is 2. The van der Waals surface area contributed by atoms with E-state index >= 15 is 0 Å². The second-order valence-corrected chi connectivity index (χ2v) is 5.17. The maximum absolute atomic E-state index is 12.2. The Balaban J connectivity index is 2.09. The molecule has 2 aromatic rings. The zero-order valence-electron chi connectivity index (χ0n) is 11.2. The van der Waals surface area contributed by atoms with E-state index in [-0.39, 0.29) is 5.78 Å². The SMILES string of the molecule is Cc1cccc(CCC(=O)c2ccccc2Cl)c1C. The van der Waals surface area contributed by atoms with E-state index in [1.165, 1.54) is 16.7 Å². The van der Waals surface area contributed by atoms with Gasteiger partial charge in [0.15, 0.2) is 5.78 Å². The molecule has 0 fully saturated rings. The number of hydrogen-bond donors (Lipinski definition) is 0. The maximum Gasteiger partial charge on any atom is 0.164 e. The summed E-state index contributed by atoms with van der Waals surface area (Å²) in [7, 11) is 0. The number of Topliss-reactive ketones (excluding diaryl/α,β-unsaturated/α-hetero) is 1. The fraction of sp³-hybridized carbons (Fsp3) is 0.235. The molecule has 1 nitrogen and oxygen atoms in total. The van der Waals surface area contributed by atoms with Crippen molar-refractivity contribution in [1.82, 2.24) is 0 Å². The predicted molar refractivity (Wildman–Crippen MR) is 80.0 cm³/mol. The molecule has 0 saturated carbocycles. The smallest absolute Gasteiger partial charge is 0.164 e. The summed E-state index contributed by atoms with van der Waals surface area (Å²) in [5.74, 6) is 0.103. The number of rotatable bonds is 4. The van der Waals surface area contributed by atoms with Gasteiger partial charge in [-0.2, -0.15) is 0 Å². The largest absolute Gasteiger partial charge is 0.294 e. The number of carbonyl (C=O) groups is 1. The van der Waals surface area contributed by atoms with E-state index < -0.39 is 0 Å². The number of carbonyl (C=O) groups excluding carboxylic acids is 1. The molecule has 19 heavy (non-hydrogen) atoms. The average molecular weight is 273 g/mol. The van der Waals surface area contributed by atoms with Crippen LogP contribution in [0.2, 0.25) is 5.02 Å². The first-order chi connectivity index (χ1) is 9.09. The van der Waals surface area contributed by atoms with Crippen LogP contribution in [0.15, 0.2) is 42.5 Å². The van der Waals surface area contributed by atoms with Gasteiger partial charge in [-0.3, -0.25) is 4.79 Å². The standard InChI is InChI=1S/C17H17ClO/c1-12-6-5-7-14(13(12)2)10-11-17(19)15-8-3-4-9-16(15)18/h3-9H,10-11H2,1-2H3. The molecule has 0 heterocycles. The summed E-state index contributed by atoms with van der Waals surface area (Å²) < 4.78 is 0. The molecule has 0 atom stereocenters. The number of benzene rings is 2. The first-order valence-corrected chi connectivity index (χ1v) is 6.80. The molecule has 0 saturated heterocycles. The van der Waals surface area contributed by atoms with E-state index in [1.54, 1.807) is 12.1 Å². The lowest BCUT2D eigenvalue weighted by molar-refractivity contribution is 0.0983. The summed E-state index contributed by atoms with van der Waals surface area (Å²) in [5.41, 5.74) is 4.40. The van der Waals surface area contributed by atoms with Crippen molar-refractivity contribution in [1.29, 1.82) is 0 Å². The molecule has 0 aliphatic carbocycles. The van der Waals surface area contributed by atoms with Gasteiger partial charge in [0.2, 0.25) is 0 Å². The molecule has 0 bridgehead atoms. The summed E-state index contributed by atoms with van der Waals surface area (Å²) in [5, 5.41) is 0.536. The van der Waals surface area contributed by atoms with Crippen molar-refractivity contribution >= 4 is 17.4 Å². The molecule has 0 aromatic heterocycles. The minimum absolute atomic E-state index is 0.103. The van der Waals surface area contributed by atoms with Crippen LogP contribution in [0, 0.1) is 13.8 Å². The second-order valence-electron chi connectivity index (χ2n) is 4.76. The van der Waals surface area contributed by atoms with Crippen molar-refractivity contribution in [2.24, 2.45) is 0 Å². The van der Waals surface area contributed by atoms with Gasteiger partial charge in [0.05, 0.1) is 5.02 Å². The van der Waals surface area contributed by atoms with Crippen molar-refractivity contribution in [2.45, 2.75) is 26.7 Å². The number of hydrogen-bond acceptors (Lipinski definition) is 1. The molecular weight excluding hydrogens is 256 g/mol. The van der Waals surface area contributed by atoms with Gasteiger partial charge >= 0.3 is 0 Å². The zero-order valence-corrected chi connectivity index (χ0v) is 12.0. The van der Waals surface area contributed by atoms with Gasteiger partial charge in [0, 0.05) is 12.0 Å². The molecular formula is C17H17ClO. The summed E-state index contributed by atoms with van der Waals surface area (Å²) in [6.45, 7) is 4.19. The lowest BCUT2D eigenvalue weighted by atomic mass is 9.97. The fourth-order valence-corrected chi connectivity index (χ4v) is 2.39. The highest BCUT2D eigenvalue weighted by Gasteiger charge is 2.10. The van der Waals surface area contributed by atoms with Gasteiger partial charge in [0.1, 0.15) is 0 Å². The highest BCUT2D eigenvalue weighted by Crippen LogP contribution is 2.19. The van der Waals surface area contributed by atoms with Crippen LogP contribution in [0.3, 0.4) is 0 Å². The van der Waals surface area contributed by atoms with E-state index in [4.69, 9.17) is 11.6 Å². The summed E-state index contributed by atoms with van der Waals surface area (Å²) in [6, 6.07) is 13.4. The average Bonchev–Trinajstić information content (AvgIpc) is 2.40. The summed E-state index contributed by atoms with van der Waals surface area (Å²) in [6.07, 6.45) is 1.26. The quantitative estimate of drug-likeness (QED) is 0.733. The van der Waals surface area contributed by atoms with E-state index in [9.17, 15) is 4.79 Å². The van der Waals surface area contributed by atoms with Crippen LogP contribution in [0.4, 0.5) is 0 Å². The normalized spacial score (nSPS) is 10.5. The molecule has 0 aliphatic rings. The zero-order chi connectivity index (χ0) is 13.8. The molecule has 0 spiro atoms. The first-order valence-electron chi connectivity index (χ1n) is 6.42. The van der Waals surface area contributed by atoms with Crippen molar-refractivity contribution in [3.8, 4) is 0 Å². The fourth-order valence-electron chi connectivity index (χ4n) is 2.15. The molecule has 2 heteroatoms. The monoisotopic (exact) mass is 272 g/mol. The molecule has 0 radical (unpaired) electrons. The van der Waals surface area contributed by atoms with Gasteiger partial charge in [-0.05, 0) is 49.1 Å². The third-order valence-electron chi connectivity index (χ3n) is 3.51. The van der Waals surface area contributed by atoms with Crippen molar-refractivity contribution in [3.63, 3.8) is 0 Å². The van der Waals surface area contributed by atoms with Gasteiger partial charge < -0.3 is 0 Å². The summed E-state index contributed by atoms with van der Waals surface area (Å²) >= 11 is 6.04. The van der Waals surface area contributed by atoms with E-state index in [1.807, 2.05) is 18.2 Å². The Hall–Kier alpha value is -1.60. The Labute approximate surface area is 119 Å². The van der Waals surface area contributed by atoms with E-state index in [0.29, 0.717) is 17.0 Å². The topological polar surface area (TPSA) is 17.1 Å². The third kappa shape index (κ3) is 3.24. The van der Waals surface area contributed by atoms with Crippen molar-refractivity contribution in [3.05, 3.63) is 69.7 Å². The summed E-state index contributed by atoms with van der Waals surface area (Å²) in [4.78, 5) is 12.2. The molecule has 98 valence electrons. The van der Waals surface area contributed by atoms with Crippen LogP contribution >= 0.6 is 11.6 Å². The minimum Gasteiger partial charge on any atom is -0.294 e. The van der Waals surface area contributed by atoms with Gasteiger partial charge in [0.25, 0.3) is 0 Å². The van der Waals surface area contributed by atoms with E-state index in [2.05, 4.69) is 26.0 Å². The second kappa shape index (κ2) is 6.03. The van der Waals surface area contributed by atoms with E-state index in [0.717, 1.165) is 6.42 Å². The first kappa shape index (κ1) is 13.8. The van der Waals surface area contributed by atoms with Crippen LogP contribution in [0.25, 0.3) is 0 Å². The highest BCUT2D eigenvalue weighted by atomic mass is 35.5. The Morgan fingerprint density at radius 3 is 2.53 bits per heavy atom. The van der Waals surface area contributed by atoms with Crippen LogP contribution in [0.1, 0.15) is 33.5 Å². The van der Waals surface area contributed by atoms with Crippen molar-refractivity contribution in [2.75, 3.05) is 0 Å². The number of halogens is 1. The van der Waals surface area contributed by atoms with Gasteiger partial charge in [-0.25, -0.2) is 0 Å². The van der Waals surface area contributed by atoms with Gasteiger partial charge in [-0.15, -0.1) is 0 Å². The molecule has 0 aliphatic heterocycles.